The Morgan fingerprint density at radius 1 is 1.11 bits per heavy atom. The van der Waals surface area contributed by atoms with Gasteiger partial charge in [0.25, 0.3) is 0 Å². The maximum absolute atomic E-state index is 12.6. The summed E-state index contributed by atoms with van der Waals surface area (Å²) < 4.78 is 5.26. The van der Waals surface area contributed by atoms with E-state index in [-0.39, 0.29) is 18.9 Å². The van der Waals surface area contributed by atoms with Gasteiger partial charge in [-0.15, -0.1) is 22.7 Å². The van der Waals surface area contributed by atoms with Crippen LogP contribution in [0.3, 0.4) is 0 Å². The first-order chi connectivity index (χ1) is 13.0. The normalized spacial score (nSPS) is 10.6. The predicted molar refractivity (Wildman–Crippen MR) is 112 cm³/mol. The van der Waals surface area contributed by atoms with Crippen LogP contribution in [0.2, 0.25) is 0 Å². The van der Waals surface area contributed by atoms with Gasteiger partial charge in [-0.05, 0) is 43.3 Å². The Bertz CT molecular complexity index is 958. The average molecular weight is 400 g/mol. The summed E-state index contributed by atoms with van der Waals surface area (Å²) in [5.41, 5.74) is 4.43. The van der Waals surface area contributed by atoms with Crippen molar-refractivity contribution in [2.45, 2.75) is 27.2 Å². The first-order valence-electron chi connectivity index (χ1n) is 8.68. The van der Waals surface area contributed by atoms with E-state index in [1.54, 1.807) is 6.92 Å². The smallest absolute Gasteiger partial charge is 0.341 e. The number of carbonyl (C=O) groups excluding carboxylic acids is 2. The molecule has 1 N–H and O–H groups in total. The standard InChI is InChI=1S/C21H21NO3S2/c1-4-25-21(24)19-17(16-8-7-13(2)10-14(16)3)12-27-20(19)22-18(23)11-15-6-5-9-26-15/h5-10,12H,4,11H2,1-3H3,(H,22,23). The molecule has 0 aliphatic carbocycles. The summed E-state index contributed by atoms with van der Waals surface area (Å²) in [6.45, 7) is 6.11. The first-order valence-corrected chi connectivity index (χ1v) is 10.4. The van der Waals surface area contributed by atoms with Gasteiger partial charge in [0, 0.05) is 15.8 Å². The van der Waals surface area contributed by atoms with E-state index in [1.165, 1.54) is 22.7 Å². The largest absolute Gasteiger partial charge is 0.462 e. The van der Waals surface area contributed by atoms with Crippen LogP contribution in [0.4, 0.5) is 5.00 Å². The Labute approximate surface area is 166 Å². The monoisotopic (exact) mass is 399 g/mol. The Balaban J connectivity index is 1.95. The average Bonchev–Trinajstić information content (AvgIpc) is 3.25. The zero-order valence-electron chi connectivity index (χ0n) is 15.5. The van der Waals surface area contributed by atoms with Crippen molar-refractivity contribution in [2.75, 3.05) is 11.9 Å². The lowest BCUT2D eigenvalue weighted by Crippen LogP contribution is -2.16. The van der Waals surface area contributed by atoms with E-state index in [4.69, 9.17) is 4.74 Å². The second-order valence-electron chi connectivity index (χ2n) is 6.20. The quantitative estimate of drug-likeness (QED) is 0.561. The van der Waals surface area contributed by atoms with E-state index in [2.05, 4.69) is 11.4 Å². The van der Waals surface area contributed by atoms with Gasteiger partial charge in [-0.3, -0.25) is 4.79 Å². The second-order valence-corrected chi connectivity index (χ2v) is 8.11. The van der Waals surface area contributed by atoms with Crippen molar-refractivity contribution < 1.29 is 14.3 Å². The highest BCUT2D eigenvalue weighted by Gasteiger charge is 2.23. The Kier molecular flexibility index (Phi) is 6.08. The summed E-state index contributed by atoms with van der Waals surface area (Å²) in [5, 5.41) is 7.27. The minimum Gasteiger partial charge on any atom is -0.462 e. The lowest BCUT2D eigenvalue weighted by atomic mass is 9.97. The van der Waals surface area contributed by atoms with E-state index in [9.17, 15) is 9.59 Å². The third kappa shape index (κ3) is 4.46. The number of thiophene rings is 2. The maximum Gasteiger partial charge on any atom is 0.341 e. The highest BCUT2D eigenvalue weighted by Crippen LogP contribution is 2.38. The number of benzene rings is 1. The van der Waals surface area contributed by atoms with Crippen LogP contribution in [0.5, 0.6) is 0 Å². The third-order valence-corrected chi connectivity index (χ3v) is 5.88. The van der Waals surface area contributed by atoms with Gasteiger partial charge in [-0.2, -0.15) is 0 Å². The summed E-state index contributed by atoms with van der Waals surface area (Å²) in [6.07, 6.45) is 0.288. The third-order valence-electron chi connectivity index (χ3n) is 4.11. The number of hydrogen-bond donors (Lipinski definition) is 1. The van der Waals surface area contributed by atoms with Crippen LogP contribution in [-0.4, -0.2) is 18.5 Å². The summed E-state index contributed by atoms with van der Waals surface area (Å²) in [6, 6.07) is 9.94. The van der Waals surface area contributed by atoms with Crippen LogP contribution in [-0.2, 0) is 16.0 Å². The molecule has 0 saturated carbocycles. The van der Waals surface area contributed by atoms with E-state index in [0.717, 1.165) is 27.1 Å². The molecule has 3 aromatic rings. The molecule has 0 radical (unpaired) electrons. The number of nitrogens with one attached hydrogen (secondary N) is 1. The van der Waals surface area contributed by atoms with E-state index in [0.29, 0.717) is 10.6 Å². The molecule has 4 nitrogen and oxygen atoms in total. The zero-order chi connectivity index (χ0) is 19.4. The molecule has 0 saturated heterocycles. The minimum atomic E-state index is -0.417. The maximum atomic E-state index is 12.6. The highest BCUT2D eigenvalue weighted by molar-refractivity contribution is 7.15. The lowest BCUT2D eigenvalue weighted by Gasteiger charge is -2.10. The number of ether oxygens (including phenoxy) is 1. The molecule has 0 bridgehead atoms. The molecule has 3 rings (SSSR count). The molecule has 2 heterocycles. The van der Waals surface area contributed by atoms with Crippen LogP contribution in [0.15, 0.2) is 41.1 Å². The summed E-state index contributed by atoms with van der Waals surface area (Å²) >= 11 is 2.89. The van der Waals surface area contributed by atoms with Crippen molar-refractivity contribution in [3.8, 4) is 11.1 Å². The van der Waals surface area contributed by atoms with Crippen LogP contribution in [0.25, 0.3) is 11.1 Å². The fraction of sp³-hybridized carbons (Fsp3) is 0.238. The number of aryl methyl sites for hydroxylation is 2. The summed E-state index contributed by atoms with van der Waals surface area (Å²) in [4.78, 5) is 26.0. The second kappa shape index (κ2) is 8.50. The Hall–Kier alpha value is -2.44. The molecule has 6 heteroatoms. The van der Waals surface area contributed by atoms with E-state index < -0.39 is 5.97 Å². The molecule has 0 aliphatic heterocycles. The number of rotatable bonds is 6. The number of anilines is 1. The number of carbonyl (C=O) groups is 2. The topological polar surface area (TPSA) is 55.4 Å². The van der Waals surface area contributed by atoms with Gasteiger partial charge >= 0.3 is 5.97 Å². The van der Waals surface area contributed by atoms with Crippen molar-refractivity contribution >= 4 is 39.6 Å². The fourth-order valence-electron chi connectivity index (χ4n) is 2.91. The van der Waals surface area contributed by atoms with E-state index >= 15 is 0 Å². The molecule has 27 heavy (non-hydrogen) atoms. The predicted octanol–water partition coefficient (Wildman–Crippen LogP) is 5.45. The minimum absolute atomic E-state index is 0.142. The van der Waals surface area contributed by atoms with Crippen LogP contribution in [0.1, 0.15) is 33.3 Å². The molecule has 140 valence electrons. The first kappa shape index (κ1) is 19.3. The molecule has 1 aromatic carbocycles. The molecule has 0 aliphatic rings. The van der Waals surface area contributed by atoms with Gasteiger partial charge in [0.15, 0.2) is 0 Å². The van der Waals surface area contributed by atoms with Crippen molar-refractivity contribution in [1.82, 2.24) is 0 Å². The lowest BCUT2D eigenvalue weighted by molar-refractivity contribution is -0.115. The van der Waals surface area contributed by atoms with Crippen molar-refractivity contribution in [3.63, 3.8) is 0 Å². The van der Waals surface area contributed by atoms with Crippen LogP contribution >= 0.6 is 22.7 Å². The Morgan fingerprint density at radius 3 is 2.59 bits per heavy atom. The van der Waals surface area contributed by atoms with Gasteiger partial charge < -0.3 is 10.1 Å². The molecule has 0 unspecified atom stereocenters. The van der Waals surface area contributed by atoms with Crippen molar-refractivity contribution in [3.05, 3.63) is 62.7 Å². The molecule has 2 aromatic heterocycles. The molecular formula is C21H21NO3S2. The number of esters is 1. The van der Waals surface area contributed by atoms with Gasteiger partial charge in [-0.1, -0.05) is 29.8 Å². The summed E-state index contributed by atoms with van der Waals surface area (Å²) in [5.74, 6) is -0.558. The Morgan fingerprint density at radius 2 is 1.93 bits per heavy atom. The van der Waals surface area contributed by atoms with Gasteiger partial charge in [0.2, 0.25) is 5.91 Å². The van der Waals surface area contributed by atoms with Crippen LogP contribution in [0, 0.1) is 13.8 Å². The van der Waals surface area contributed by atoms with Gasteiger partial charge in [-0.25, -0.2) is 4.79 Å². The number of hydrogen-bond acceptors (Lipinski definition) is 5. The van der Waals surface area contributed by atoms with Crippen molar-refractivity contribution in [2.24, 2.45) is 0 Å². The number of amides is 1. The zero-order valence-corrected chi connectivity index (χ0v) is 17.1. The molecule has 1 amide bonds. The van der Waals surface area contributed by atoms with Crippen molar-refractivity contribution in [1.29, 1.82) is 0 Å². The van der Waals surface area contributed by atoms with E-state index in [1.807, 2.05) is 48.9 Å². The highest BCUT2D eigenvalue weighted by atomic mass is 32.1. The molecule has 0 fully saturated rings. The molecule has 0 spiro atoms. The van der Waals surface area contributed by atoms with Crippen LogP contribution < -0.4 is 5.32 Å². The summed E-state index contributed by atoms with van der Waals surface area (Å²) in [7, 11) is 0. The van der Waals surface area contributed by atoms with Gasteiger partial charge in [0.1, 0.15) is 10.6 Å². The SMILES string of the molecule is CCOC(=O)c1c(-c2ccc(C)cc2C)csc1NC(=O)Cc1cccs1. The fourth-order valence-corrected chi connectivity index (χ4v) is 4.58. The van der Waals surface area contributed by atoms with Gasteiger partial charge in [0.05, 0.1) is 13.0 Å². The molecular weight excluding hydrogens is 378 g/mol. The molecule has 0 atom stereocenters.